The van der Waals surface area contributed by atoms with Gasteiger partial charge in [0, 0.05) is 61.1 Å². The van der Waals surface area contributed by atoms with Crippen LogP contribution in [0.15, 0.2) is 42.5 Å². The molecule has 4 nitrogen and oxygen atoms in total. The van der Waals surface area contributed by atoms with E-state index in [2.05, 4.69) is 18.7 Å². The molecule has 1 unspecified atom stereocenters. The van der Waals surface area contributed by atoms with E-state index in [0.29, 0.717) is 36.8 Å². The molecule has 2 aromatic rings. The van der Waals surface area contributed by atoms with E-state index in [-0.39, 0.29) is 42.1 Å². The molecule has 0 spiro atoms. The first-order valence-corrected chi connectivity index (χ1v) is 12.4. The number of hydrogen-bond donors (Lipinski definition) is 1. The maximum Gasteiger partial charge on any atom is 0.227 e. The van der Waals surface area contributed by atoms with Crippen LogP contribution in [0.1, 0.15) is 44.7 Å². The summed E-state index contributed by atoms with van der Waals surface area (Å²) in [5, 5.41) is 12.3. The van der Waals surface area contributed by atoms with Crippen molar-refractivity contribution in [1.29, 1.82) is 0 Å². The Kier molecular flexibility index (Phi) is 8.53. The summed E-state index contributed by atoms with van der Waals surface area (Å²) in [6, 6.07) is 11.1. The van der Waals surface area contributed by atoms with Gasteiger partial charge in [0.1, 0.15) is 11.6 Å². The van der Waals surface area contributed by atoms with E-state index < -0.39 is 23.2 Å². The van der Waals surface area contributed by atoms with Gasteiger partial charge in [-0.05, 0) is 43.2 Å². The molecule has 0 aliphatic carbocycles. The van der Waals surface area contributed by atoms with Gasteiger partial charge < -0.3 is 10.0 Å². The van der Waals surface area contributed by atoms with Crippen molar-refractivity contribution in [3.8, 4) is 0 Å². The smallest absolute Gasteiger partial charge is 0.227 e. The van der Waals surface area contributed by atoms with Gasteiger partial charge in [0.2, 0.25) is 5.91 Å². The molecule has 1 N–H and O–H groups in total. The van der Waals surface area contributed by atoms with Gasteiger partial charge in [-0.3, -0.25) is 9.69 Å². The highest BCUT2D eigenvalue weighted by Crippen LogP contribution is 2.43. The second-order valence-electron chi connectivity index (χ2n) is 10.3. The molecule has 0 bridgehead atoms. The summed E-state index contributed by atoms with van der Waals surface area (Å²) >= 11 is 6.04. The molecule has 5 atom stereocenters. The molecule has 2 fully saturated rings. The minimum Gasteiger partial charge on any atom is -0.384 e. The van der Waals surface area contributed by atoms with Gasteiger partial charge >= 0.3 is 0 Å². The fourth-order valence-corrected chi connectivity index (χ4v) is 5.95. The molecule has 2 aliphatic rings. The Morgan fingerprint density at radius 1 is 1.03 bits per heavy atom. The summed E-state index contributed by atoms with van der Waals surface area (Å²) in [6.07, 6.45) is 0. The molecule has 2 aliphatic heterocycles. The summed E-state index contributed by atoms with van der Waals surface area (Å²) in [6.45, 7) is 9.90. The number of rotatable bonds is 4. The Morgan fingerprint density at radius 2 is 1.63 bits per heavy atom. The van der Waals surface area contributed by atoms with Crippen LogP contribution in [-0.2, 0) is 10.4 Å². The van der Waals surface area contributed by atoms with Crippen LogP contribution in [0.5, 0.6) is 0 Å². The zero-order chi connectivity index (χ0) is 24.8. The van der Waals surface area contributed by atoms with Crippen LogP contribution in [-0.4, -0.2) is 53.0 Å². The molecule has 0 radical (unpaired) electrons. The number of halogens is 4. The first kappa shape index (κ1) is 27.9. The highest BCUT2D eigenvalue weighted by Gasteiger charge is 2.49. The molecular weight excluding hydrogens is 493 g/mol. The maximum absolute atomic E-state index is 14.7. The van der Waals surface area contributed by atoms with Crippen molar-refractivity contribution in [2.75, 3.05) is 26.2 Å². The van der Waals surface area contributed by atoms with E-state index >= 15 is 0 Å². The first-order chi connectivity index (χ1) is 16.0. The SMILES string of the molecule is CC(C)N1C[C@@H](C(=O)N2C[C@@H](C)C(O)(c3ccc(Cl)cc3)[C@@H](C)C2)[C@H](c2ccc(F)cc2F)C1.Cl. The normalized spacial score (nSPS) is 29.3. The zero-order valence-electron chi connectivity index (χ0n) is 20.5. The standard InChI is InChI=1S/C27H33ClF2N2O2.ClH/c1-16(2)31-14-23(22-10-9-21(29)11-25(22)30)24(15-31)26(33)32-12-17(3)27(34,18(4)13-32)19-5-7-20(28)8-6-19;/h5-11,16-18,23-24,34H,12-15H2,1-4H3;1H/t17-,18+,23-,24+,27?;/m0./s1. The second-order valence-corrected chi connectivity index (χ2v) is 10.7. The highest BCUT2D eigenvalue weighted by molar-refractivity contribution is 6.30. The molecule has 2 saturated heterocycles. The molecule has 8 heteroatoms. The van der Waals surface area contributed by atoms with Crippen molar-refractivity contribution in [2.45, 2.75) is 45.3 Å². The lowest BCUT2D eigenvalue weighted by atomic mass is 9.70. The van der Waals surface area contributed by atoms with E-state index in [1.807, 2.05) is 30.9 Å². The number of nitrogens with zero attached hydrogens (tertiary/aromatic N) is 2. The number of aliphatic hydroxyl groups is 1. The van der Waals surface area contributed by atoms with E-state index in [1.54, 1.807) is 12.1 Å². The molecule has 35 heavy (non-hydrogen) atoms. The summed E-state index contributed by atoms with van der Waals surface area (Å²) in [5.41, 5.74) is 0.101. The van der Waals surface area contributed by atoms with Gasteiger partial charge in [0.05, 0.1) is 11.5 Å². The van der Waals surface area contributed by atoms with Crippen molar-refractivity contribution < 1.29 is 18.7 Å². The number of likely N-dealkylation sites (tertiary alicyclic amines) is 2. The quantitative estimate of drug-likeness (QED) is 0.574. The molecule has 0 aromatic heterocycles. The van der Waals surface area contributed by atoms with Crippen molar-refractivity contribution >= 4 is 29.9 Å². The van der Waals surface area contributed by atoms with Crippen molar-refractivity contribution in [1.82, 2.24) is 9.80 Å². The fourth-order valence-electron chi connectivity index (χ4n) is 5.82. The minimum absolute atomic E-state index is 0. The van der Waals surface area contributed by atoms with Crippen molar-refractivity contribution in [3.05, 3.63) is 70.2 Å². The van der Waals surface area contributed by atoms with Gasteiger partial charge in [-0.25, -0.2) is 8.78 Å². The monoisotopic (exact) mass is 526 g/mol. The van der Waals surface area contributed by atoms with Crippen molar-refractivity contribution in [3.63, 3.8) is 0 Å². The lowest BCUT2D eigenvalue weighted by Gasteiger charge is -2.48. The Hall–Kier alpha value is -1.73. The van der Waals surface area contributed by atoms with E-state index in [4.69, 9.17) is 11.6 Å². The molecule has 192 valence electrons. The van der Waals surface area contributed by atoms with Gasteiger partial charge in [0.15, 0.2) is 0 Å². The van der Waals surface area contributed by atoms with Gasteiger partial charge in [-0.1, -0.05) is 43.6 Å². The molecule has 1 amide bonds. The van der Waals surface area contributed by atoms with Gasteiger partial charge in [0.25, 0.3) is 0 Å². The number of piperidine rings is 1. The predicted molar refractivity (Wildman–Crippen MR) is 137 cm³/mol. The largest absolute Gasteiger partial charge is 0.384 e. The predicted octanol–water partition coefficient (Wildman–Crippen LogP) is 5.47. The molecular formula is C27H34Cl2F2N2O2. The molecule has 4 rings (SSSR count). The van der Waals surface area contributed by atoms with Crippen LogP contribution in [0.3, 0.4) is 0 Å². The van der Waals surface area contributed by atoms with E-state index in [0.717, 1.165) is 11.6 Å². The summed E-state index contributed by atoms with van der Waals surface area (Å²) in [5.74, 6) is -2.45. The number of hydrogen-bond acceptors (Lipinski definition) is 3. The Balaban J connectivity index is 0.00000342. The number of carbonyl (C=O) groups excluding carboxylic acids is 1. The van der Waals surface area contributed by atoms with Crippen molar-refractivity contribution in [2.24, 2.45) is 17.8 Å². The summed E-state index contributed by atoms with van der Waals surface area (Å²) < 4.78 is 28.3. The maximum atomic E-state index is 14.7. The second kappa shape index (κ2) is 10.7. The molecule has 2 heterocycles. The third kappa shape index (κ3) is 5.22. The minimum atomic E-state index is -1.08. The third-order valence-electron chi connectivity index (χ3n) is 7.87. The Labute approximate surface area is 217 Å². The number of benzene rings is 2. The molecule has 0 saturated carbocycles. The zero-order valence-corrected chi connectivity index (χ0v) is 22.1. The van der Waals surface area contributed by atoms with Crippen LogP contribution >= 0.6 is 24.0 Å². The van der Waals surface area contributed by atoms with Crippen LogP contribution < -0.4 is 0 Å². The van der Waals surface area contributed by atoms with Crippen LogP contribution in [0.25, 0.3) is 0 Å². The average molecular weight is 527 g/mol. The van der Waals surface area contributed by atoms with Crippen LogP contribution in [0, 0.1) is 29.4 Å². The molecule has 2 aromatic carbocycles. The summed E-state index contributed by atoms with van der Waals surface area (Å²) in [7, 11) is 0. The van der Waals surface area contributed by atoms with Crippen LogP contribution in [0.4, 0.5) is 8.78 Å². The van der Waals surface area contributed by atoms with Gasteiger partial charge in [-0.15, -0.1) is 12.4 Å². The highest BCUT2D eigenvalue weighted by atomic mass is 35.5. The lowest BCUT2D eigenvalue weighted by molar-refractivity contribution is -0.152. The summed E-state index contributed by atoms with van der Waals surface area (Å²) in [4.78, 5) is 17.8. The topological polar surface area (TPSA) is 43.8 Å². The average Bonchev–Trinajstić information content (AvgIpc) is 3.22. The van der Waals surface area contributed by atoms with E-state index in [1.165, 1.54) is 12.1 Å². The Bertz CT molecular complexity index is 1040. The Morgan fingerprint density at radius 3 is 2.17 bits per heavy atom. The number of amides is 1. The van der Waals surface area contributed by atoms with Gasteiger partial charge in [-0.2, -0.15) is 0 Å². The fraction of sp³-hybridized carbons (Fsp3) is 0.519. The first-order valence-electron chi connectivity index (χ1n) is 12.0. The number of carbonyl (C=O) groups is 1. The van der Waals surface area contributed by atoms with Crippen LogP contribution in [0.2, 0.25) is 5.02 Å². The lowest BCUT2D eigenvalue weighted by Crippen LogP contribution is -2.57. The third-order valence-corrected chi connectivity index (χ3v) is 8.12. The van der Waals surface area contributed by atoms with E-state index in [9.17, 15) is 18.7 Å².